The maximum Gasteiger partial charge on any atom is 0.275 e. The molecule has 0 atom stereocenters. The van der Waals surface area contributed by atoms with Crippen molar-refractivity contribution in [2.75, 3.05) is 5.01 Å². The van der Waals surface area contributed by atoms with Crippen molar-refractivity contribution in [3.8, 4) is 0 Å². The highest BCUT2D eigenvalue weighted by atomic mass is 19.1. The van der Waals surface area contributed by atoms with Gasteiger partial charge >= 0.3 is 0 Å². The fourth-order valence-electron chi connectivity index (χ4n) is 1.47. The smallest absolute Gasteiger partial charge is 0.267 e. The van der Waals surface area contributed by atoms with Crippen LogP contribution in [0.15, 0.2) is 54.6 Å². The molecule has 0 spiro atoms. The molecule has 1 amide bonds. The fourth-order valence-corrected chi connectivity index (χ4v) is 1.47. The van der Waals surface area contributed by atoms with E-state index in [4.69, 9.17) is 5.84 Å². The number of para-hydroxylation sites is 1. The molecular formula is C13H11FN2O. The zero-order valence-electron chi connectivity index (χ0n) is 9.01. The lowest BCUT2D eigenvalue weighted by atomic mass is 10.2. The molecule has 0 radical (unpaired) electrons. The van der Waals surface area contributed by atoms with Crippen LogP contribution < -0.4 is 10.9 Å². The first-order chi connectivity index (χ1) is 8.20. The predicted molar refractivity (Wildman–Crippen MR) is 63.8 cm³/mol. The minimum Gasteiger partial charge on any atom is -0.267 e. The van der Waals surface area contributed by atoms with Gasteiger partial charge in [-0.1, -0.05) is 30.3 Å². The highest BCUT2D eigenvalue weighted by molar-refractivity contribution is 6.05. The van der Waals surface area contributed by atoms with Crippen molar-refractivity contribution in [1.82, 2.24) is 0 Å². The Kier molecular flexibility index (Phi) is 3.16. The van der Waals surface area contributed by atoms with E-state index in [1.54, 1.807) is 30.3 Å². The van der Waals surface area contributed by atoms with Gasteiger partial charge in [0.15, 0.2) is 0 Å². The number of carbonyl (C=O) groups excluding carboxylic acids is 1. The van der Waals surface area contributed by atoms with Gasteiger partial charge in [0.1, 0.15) is 5.82 Å². The summed E-state index contributed by atoms with van der Waals surface area (Å²) in [5.41, 5.74) is 0.472. The largest absolute Gasteiger partial charge is 0.275 e. The van der Waals surface area contributed by atoms with Gasteiger partial charge < -0.3 is 0 Å². The summed E-state index contributed by atoms with van der Waals surface area (Å²) in [4.78, 5) is 11.9. The molecule has 2 N–H and O–H groups in total. The maximum atomic E-state index is 13.4. The number of hydrogen-bond donors (Lipinski definition) is 1. The monoisotopic (exact) mass is 230 g/mol. The molecule has 0 unspecified atom stereocenters. The molecule has 0 saturated heterocycles. The molecule has 0 fully saturated rings. The zero-order valence-corrected chi connectivity index (χ0v) is 9.01. The SMILES string of the molecule is NN(C(=O)c1ccccc1F)c1ccccc1. The average molecular weight is 230 g/mol. The Hall–Kier alpha value is -2.20. The van der Waals surface area contributed by atoms with E-state index in [0.717, 1.165) is 5.01 Å². The molecule has 0 aliphatic heterocycles. The third-order valence-corrected chi connectivity index (χ3v) is 2.36. The number of benzene rings is 2. The number of amides is 1. The van der Waals surface area contributed by atoms with Crippen LogP contribution in [0.2, 0.25) is 0 Å². The van der Waals surface area contributed by atoms with Crippen molar-refractivity contribution in [3.05, 3.63) is 66.0 Å². The number of halogens is 1. The van der Waals surface area contributed by atoms with Gasteiger partial charge in [0, 0.05) is 0 Å². The summed E-state index contributed by atoms with van der Waals surface area (Å²) in [7, 11) is 0. The van der Waals surface area contributed by atoms with E-state index >= 15 is 0 Å². The molecule has 2 aromatic rings. The summed E-state index contributed by atoms with van der Waals surface area (Å²) in [6, 6.07) is 14.4. The number of nitrogens with zero attached hydrogens (tertiary/aromatic N) is 1. The number of carbonyl (C=O) groups is 1. The maximum absolute atomic E-state index is 13.4. The number of hydrazine groups is 1. The molecule has 0 saturated carbocycles. The van der Waals surface area contributed by atoms with Crippen molar-refractivity contribution < 1.29 is 9.18 Å². The van der Waals surface area contributed by atoms with Crippen molar-refractivity contribution in [2.24, 2.45) is 5.84 Å². The second kappa shape index (κ2) is 4.76. The van der Waals surface area contributed by atoms with E-state index in [-0.39, 0.29) is 5.56 Å². The van der Waals surface area contributed by atoms with Crippen LogP contribution in [0.5, 0.6) is 0 Å². The first-order valence-electron chi connectivity index (χ1n) is 5.09. The summed E-state index contributed by atoms with van der Waals surface area (Å²) in [6.07, 6.45) is 0. The molecule has 0 bridgehead atoms. The number of hydrogen-bond acceptors (Lipinski definition) is 2. The molecule has 3 nitrogen and oxygen atoms in total. The molecule has 17 heavy (non-hydrogen) atoms. The summed E-state index contributed by atoms with van der Waals surface area (Å²) < 4.78 is 13.4. The third kappa shape index (κ3) is 2.32. The van der Waals surface area contributed by atoms with E-state index < -0.39 is 11.7 Å². The van der Waals surface area contributed by atoms with Gasteiger partial charge in [-0.05, 0) is 24.3 Å². The number of rotatable bonds is 2. The van der Waals surface area contributed by atoms with Gasteiger partial charge in [-0.15, -0.1) is 0 Å². The standard InChI is InChI=1S/C13H11FN2O/c14-12-9-5-4-8-11(12)13(17)16(15)10-6-2-1-3-7-10/h1-9H,15H2. The van der Waals surface area contributed by atoms with Crippen LogP contribution in [0.25, 0.3) is 0 Å². The molecule has 86 valence electrons. The molecule has 2 aromatic carbocycles. The minimum atomic E-state index is -0.580. The molecular weight excluding hydrogens is 219 g/mol. The highest BCUT2D eigenvalue weighted by Crippen LogP contribution is 2.14. The Morgan fingerprint density at radius 2 is 1.59 bits per heavy atom. The third-order valence-electron chi connectivity index (χ3n) is 2.36. The molecule has 4 heteroatoms. The summed E-state index contributed by atoms with van der Waals surface area (Å²) in [5, 5.41) is 0.929. The summed E-state index contributed by atoms with van der Waals surface area (Å²) in [5.74, 6) is 4.50. The van der Waals surface area contributed by atoms with Crippen LogP contribution in [0.4, 0.5) is 10.1 Å². The van der Waals surface area contributed by atoms with Crippen LogP contribution >= 0.6 is 0 Å². The molecule has 2 rings (SSSR count). The Labute approximate surface area is 98.3 Å². The van der Waals surface area contributed by atoms with Gasteiger partial charge in [0.2, 0.25) is 0 Å². The lowest BCUT2D eigenvalue weighted by Gasteiger charge is -2.16. The Bertz CT molecular complexity index is 528. The number of anilines is 1. The second-order valence-electron chi connectivity index (χ2n) is 3.49. The van der Waals surface area contributed by atoms with Crippen molar-refractivity contribution in [1.29, 1.82) is 0 Å². The lowest BCUT2D eigenvalue weighted by Crippen LogP contribution is -2.37. The van der Waals surface area contributed by atoms with Gasteiger partial charge in [0.05, 0.1) is 11.3 Å². The summed E-state index contributed by atoms with van der Waals surface area (Å²) >= 11 is 0. The molecule has 0 aliphatic rings. The van der Waals surface area contributed by atoms with Gasteiger partial charge in [0.25, 0.3) is 5.91 Å². The van der Waals surface area contributed by atoms with Gasteiger partial charge in [-0.2, -0.15) is 0 Å². The predicted octanol–water partition coefficient (Wildman–Crippen LogP) is 2.35. The lowest BCUT2D eigenvalue weighted by molar-refractivity contribution is 0.0983. The Balaban J connectivity index is 2.30. The van der Waals surface area contributed by atoms with Crippen LogP contribution in [0.3, 0.4) is 0 Å². The Morgan fingerprint density at radius 3 is 2.24 bits per heavy atom. The van der Waals surface area contributed by atoms with E-state index in [0.29, 0.717) is 5.69 Å². The average Bonchev–Trinajstić information content (AvgIpc) is 2.39. The van der Waals surface area contributed by atoms with E-state index in [1.165, 1.54) is 18.2 Å². The fraction of sp³-hybridized carbons (Fsp3) is 0. The van der Waals surface area contributed by atoms with Gasteiger partial charge in [-0.3, -0.25) is 4.79 Å². The molecule has 0 heterocycles. The zero-order chi connectivity index (χ0) is 12.3. The van der Waals surface area contributed by atoms with E-state index in [9.17, 15) is 9.18 Å². The quantitative estimate of drug-likeness (QED) is 0.489. The number of nitrogens with two attached hydrogens (primary N) is 1. The summed E-state index contributed by atoms with van der Waals surface area (Å²) in [6.45, 7) is 0. The molecule has 0 aliphatic carbocycles. The molecule has 0 aromatic heterocycles. The normalized spacial score (nSPS) is 10.0. The van der Waals surface area contributed by atoms with Crippen LogP contribution in [-0.2, 0) is 0 Å². The van der Waals surface area contributed by atoms with Crippen molar-refractivity contribution in [2.45, 2.75) is 0 Å². The van der Waals surface area contributed by atoms with E-state index in [1.807, 2.05) is 6.07 Å². The van der Waals surface area contributed by atoms with Gasteiger partial charge in [-0.25, -0.2) is 15.2 Å². The van der Waals surface area contributed by atoms with Crippen LogP contribution in [0.1, 0.15) is 10.4 Å². The Morgan fingerprint density at radius 1 is 1.00 bits per heavy atom. The van der Waals surface area contributed by atoms with Crippen molar-refractivity contribution >= 4 is 11.6 Å². The minimum absolute atomic E-state index is 0.0427. The van der Waals surface area contributed by atoms with Crippen LogP contribution in [0, 0.1) is 5.82 Å². The second-order valence-corrected chi connectivity index (χ2v) is 3.49. The first-order valence-corrected chi connectivity index (χ1v) is 5.09. The van der Waals surface area contributed by atoms with Crippen LogP contribution in [-0.4, -0.2) is 5.91 Å². The van der Waals surface area contributed by atoms with E-state index in [2.05, 4.69) is 0 Å². The van der Waals surface area contributed by atoms with Crippen molar-refractivity contribution in [3.63, 3.8) is 0 Å². The first kappa shape index (κ1) is 11.3. The highest BCUT2D eigenvalue weighted by Gasteiger charge is 2.17. The topological polar surface area (TPSA) is 46.3 Å².